The van der Waals surface area contributed by atoms with Crippen LogP contribution in [0.5, 0.6) is 0 Å². The molecule has 0 saturated heterocycles. The van der Waals surface area contributed by atoms with E-state index in [4.69, 9.17) is 0 Å². The van der Waals surface area contributed by atoms with Gasteiger partial charge in [0.1, 0.15) is 0 Å². The molecule has 1 heterocycles. The summed E-state index contributed by atoms with van der Waals surface area (Å²) in [4.78, 5) is 0. The fourth-order valence-corrected chi connectivity index (χ4v) is 11.5. The second-order valence-corrected chi connectivity index (χ2v) is 14.8. The average Bonchev–Trinajstić information content (AvgIpc) is 2.15. The standard InChI is InChI=1S/C2H6F11N7P6/c1-20(2)26(13)18-24(9,10)16-22(5,6)14-21(3,4)15-23(7,8)17-25(11,12)19-26/h1-2H3. The molecule has 0 amide bonds. The van der Waals surface area contributed by atoms with Crippen LogP contribution in [0.15, 0.2) is 27.1 Å². The zero-order valence-electron chi connectivity index (χ0n) is 12.0. The van der Waals surface area contributed by atoms with E-state index in [1.807, 2.05) is 9.03 Å². The van der Waals surface area contributed by atoms with E-state index in [2.05, 4.69) is 0 Å². The lowest BCUT2D eigenvalue weighted by molar-refractivity contribution is 0.606. The Morgan fingerprint density at radius 1 is 0.423 bits per heavy atom. The molecule has 0 saturated carbocycles. The lowest BCUT2D eigenvalue weighted by Crippen LogP contribution is -2.02. The van der Waals surface area contributed by atoms with Gasteiger partial charge < -0.3 is 0 Å². The topological polar surface area (TPSA) is 77.4 Å². The van der Waals surface area contributed by atoms with Crippen molar-refractivity contribution in [3.05, 3.63) is 0 Å². The highest BCUT2D eigenvalue weighted by Crippen LogP contribution is 2.83. The van der Waals surface area contributed by atoms with E-state index in [0.717, 1.165) is 0 Å². The van der Waals surface area contributed by atoms with E-state index in [-0.39, 0.29) is 4.67 Å². The first-order valence-corrected chi connectivity index (χ1v) is 14.3. The molecule has 0 N–H and O–H groups in total. The predicted molar refractivity (Wildman–Crippen MR) is 82.0 cm³/mol. The van der Waals surface area contributed by atoms with E-state index < -0.39 is 46.8 Å². The maximum atomic E-state index is 14.3. The Labute approximate surface area is 139 Å². The molecule has 26 heavy (non-hydrogen) atoms. The third-order valence-electron chi connectivity index (χ3n) is 1.81. The Balaban J connectivity index is 4.18. The average molecular weight is 523 g/mol. The molecule has 1 atom stereocenters. The second kappa shape index (κ2) is 7.43. The molecule has 1 unspecified atom stereocenters. The Morgan fingerprint density at radius 3 is 0.923 bits per heavy atom. The van der Waals surface area contributed by atoms with Crippen LogP contribution in [0, 0.1) is 0 Å². The van der Waals surface area contributed by atoms with Crippen LogP contribution in [0.25, 0.3) is 0 Å². The maximum absolute atomic E-state index is 14.3. The molecule has 0 aromatic heterocycles. The van der Waals surface area contributed by atoms with Crippen LogP contribution in [0.2, 0.25) is 0 Å². The summed E-state index contributed by atoms with van der Waals surface area (Å²) in [6, 6.07) is 0. The van der Waals surface area contributed by atoms with Crippen molar-refractivity contribution in [1.82, 2.24) is 4.67 Å². The minimum absolute atomic E-state index is 0.0747. The number of hydrogen-bond donors (Lipinski definition) is 0. The van der Waals surface area contributed by atoms with Gasteiger partial charge in [0, 0.05) is 0 Å². The SMILES string of the molecule is CN(C)P1(F)=NP(F)(F)=NP(F)(F)=NP(F)(F)=NP(F)(F)=NP(F)(F)=N1. The van der Waals surface area contributed by atoms with E-state index in [1.54, 1.807) is 0 Å². The maximum Gasteiger partial charge on any atom is 0.425 e. The summed E-state index contributed by atoms with van der Waals surface area (Å²) in [5.41, 5.74) is 0. The van der Waals surface area contributed by atoms with Crippen LogP contribution in [0.4, 0.5) is 46.2 Å². The van der Waals surface area contributed by atoms with Crippen molar-refractivity contribution in [1.29, 1.82) is 0 Å². The minimum atomic E-state index is -7.04. The first kappa shape index (κ1) is 24.6. The predicted octanol–water partition coefficient (Wildman–Crippen LogP) is 10.9. The van der Waals surface area contributed by atoms with Gasteiger partial charge in [0.05, 0.1) is 0 Å². The molecule has 156 valence electrons. The van der Waals surface area contributed by atoms with Crippen molar-refractivity contribution in [2.75, 3.05) is 14.1 Å². The molecule has 1 rings (SSSR count). The van der Waals surface area contributed by atoms with Gasteiger partial charge in [0.2, 0.25) is 0 Å². The molecule has 0 aliphatic carbocycles. The Hall–Kier alpha value is 0.570. The fraction of sp³-hybridized carbons (Fsp3) is 1.00. The molecule has 0 aromatic rings. The summed E-state index contributed by atoms with van der Waals surface area (Å²) in [7, 11) is -39.5. The van der Waals surface area contributed by atoms with Crippen molar-refractivity contribution in [3.63, 3.8) is 0 Å². The second-order valence-electron chi connectivity index (χ2n) is 4.16. The van der Waals surface area contributed by atoms with Crippen LogP contribution >= 0.6 is 46.8 Å². The van der Waals surface area contributed by atoms with Gasteiger partial charge in [-0.2, -0.15) is 4.20 Å². The molecule has 0 aromatic carbocycles. The minimum Gasteiger partial charge on any atom is -0.232 e. The number of halogens is 11. The molecule has 1 aliphatic rings. The summed E-state index contributed by atoms with van der Waals surface area (Å²) in [5.74, 6) is 0. The van der Waals surface area contributed by atoms with Gasteiger partial charge in [-0.15, -0.1) is 69.1 Å². The van der Waals surface area contributed by atoms with Gasteiger partial charge >= 0.3 is 46.8 Å². The highest BCUT2D eigenvalue weighted by Gasteiger charge is 2.40. The third-order valence-corrected chi connectivity index (χ3v) is 13.3. The summed E-state index contributed by atoms with van der Waals surface area (Å²) in [6.45, 7) is 0. The molecular weight excluding hydrogens is 517 g/mol. The van der Waals surface area contributed by atoms with Crippen molar-refractivity contribution < 1.29 is 46.2 Å². The van der Waals surface area contributed by atoms with Crippen LogP contribution in [-0.4, -0.2) is 18.8 Å². The molecule has 1 aliphatic heterocycles. The third kappa shape index (κ3) is 7.53. The van der Waals surface area contributed by atoms with Crippen LogP contribution in [0.1, 0.15) is 0 Å². The number of rotatable bonds is 1. The summed E-state index contributed by atoms with van der Waals surface area (Å²) < 4.78 is 156. The number of hydrogen-bond acceptors (Lipinski definition) is 7. The first-order chi connectivity index (χ1) is 11.2. The van der Waals surface area contributed by atoms with E-state index in [1.165, 1.54) is 18.1 Å². The molecule has 7 nitrogen and oxygen atoms in total. The quantitative estimate of drug-likeness (QED) is 0.249. The van der Waals surface area contributed by atoms with Gasteiger partial charge in [-0.05, 0) is 14.1 Å². The van der Waals surface area contributed by atoms with Crippen molar-refractivity contribution in [2.24, 2.45) is 27.1 Å². The highest BCUT2D eigenvalue weighted by atomic mass is 31.3. The molecule has 0 spiro atoms. The summed E-state index contributed by atoms with van der Waals surface area (Å²) in [6.07, 6.45) is 0. The van der Waals surface area contributed by atoms with Gasteiger partial charge in [-0.1, -0.05) is 0 Å². The van der Waals surface area contributed by atoms with Crippen molar-refractivity contribution >= 4 is 46.8 Å². The highest BCUT2D eigenvalue weighted by molar-refractivity contribution is 7.78. The van der Waals surface area contributed by atoms with E-state index in [0.29, 0.717) is 14.1 Å². The molecule has 0 fully saturated rings. The molecule has 24 heteroatoms. The molecular formula is C2H6F11N7P6. The number of nitrogens with zero attached hydrogens (tertiary/aromatic N) is 7. The van der Waals surface area contributed by atoms with Crippen LogP contribution in [-0.2, 0) is 0 Å². The lowest BCUT2D eigenvalue weighted by Gasteiger charge is -2.19. The Bertz CT molecular complexity index is 897. The van der Waals surface area contributed by atoms with Crippen LogP contribution < -0.4 is 0 Å². The monoisotopic (exact) mass is 523 g/mol. The molecule has 0 radical (unpaired) electrons. The van der Waals surface area contributed by atoms with Crippen molar-refractivity contribution in [3.8, 4) is 0 Å². The lowest BCUT2D eigenvalue weighted by atomic mass is 11.3. The summed E-state index contributed by atoms with van der Waals surface area (Å²) >= 11 is 0. The van der Waals surface area contributed by atoms with Gasteiger partial charge in [0.15, 0.2) is 0 Å². The Morgan fingerprint density at radius 2 is 0.654 bits per heavy atom. The fourth-order valence-electron chi connectivity index (χ4n) is 1.06. The van der Waals surface area contributed by atoms with Gasteiger partial charge in [0.25, 0.3) is 0 Å². The smallest absolute Gasteiger partial charge is 0.232 e. The zero-order chi connectivity index (χ0) is 20.8. The summed E-state index contributed by atoms with van der Waals surface area (Å²) in [5, 5.41) is 0. The largest absolute Gasteiger partial charge is 0.425 e. The van der Waals surface area contributed by atoms with Crippen molar-refractivity contribution in [2.45, 2.75) is 0 Å². The van der Waals surface area contributed by atoms with E-state index in [9.17, 15) is 46.2 Å². The Kier molecular flexibility index (Phi) is 7.04. The zero-order valence-corrected chi connectivity index (χ0v) is 17.3. The molecule has 0 bridgehead atoms. The van der Waals surface area contributed by atoms with Crippen LogP contribution in [0.3, 0.4) is 0 Å². The first-order valence-electron chi connectivity index (χ1n) is 5.35. The van der Waals surface area contributed by atoms with Gasteiger partial charge in [-0.25, -0.2) is 4.67 Å². The normalized spacial score (nSPS) is 32.1. The van der Waals surface area contributed by atoms with E-state index >= 15 is 0 Å². The van der Waals surface area contributed by atoms with Gasteiger partial charge in [-0.3, -0.25) is 0 Å².